The lowest BCUT2D eigenvalue weighted by molar-refractivity contribution is -0.151. The van der Waals surface area contributed by atoms with Crippen molar-refractivity contribution >= 4 is 14.0 Å². The Balaban J connectivity index is 2.80. The van der Waals surface area contributed by atoms with Crippen LogP contribution in [-0.2, 0) is 9.53 Å². The monoisotopic (exact) mass is 268 g/mol. The van der Waals surface area contributed by atoms with E-state index in [-0.39, 0.29) is 17.3 Å². The van der Waals surface area contributed by atoms with Gasteiger partial charge in [0.15, 0.2) is 0 Å². The lowest BCUT2D eigenvalue weighted by Crippen LogP contribution is -2.34. The van der Waals surface area contributed by atoms with Crippen molar-refractivity contribution in [3.63, 3.8) is 0 Å². The zero-order chi connectivity index (χ0) is 14.0. The standard InChI is InChI=1S/C15H28O2Si/c1-7-17-14(16)13-9-8-12(10-15(13,2)3)11-18(4,5)6/h10,13H,7-9,11H2,1-6H3. The zero-order valence-corrected chi connectivity index (χ0v) is 13.8. The summed E-state index contributed by atoms with van der Waals surface area (Å²) in [6.07, 6.45) is 4.36. The van der Waals surface area contributed by atoms with Crippen molar-refractivity contribution in [2.24, 2.45) is 11.3 Å². The van der Waals surface area contributed by atoms with Crippen LogP contribution in [0.2, 0.25) is 25.7 Å². The molecule has 1 atom stereocenters. The van der Waals surface area contributed by atoms with Crippen LogP contribution in [0, 0.1) is 11.3 Å². The fourth-order valence-electron chi connectivity index (χ4n) is 2.89. The first-order chi connectivity index (χ1) is 8.15. The minimum Gasteiger partial charge on any atom is -0.466 e. The molecule has 18 heavy (non-hydrogen) atoms. The molecule has 0 aromatic carbocycles. The molecule has 2 nitrogen and oxygen atoms in total. The topological polar surface area (TPSA) is 26.3 Å². The number of hydrogen-bond acceptors (Lipinski definition) is 2. The molecule has 1 rings (SSSR count). The average Bonchev–Trinajstić information content (AvgIpc) is 2.13. The van der Waals surface area contributed by atoms with E-state index in [9.17, 15) is 4.79 Å². The van der Waals surface area contributed by atoms with Gasteiger partial charge in [0.2, 0.25) is 0 Å². The van der Waals surface area contributed by atoms with Crippen LogP contribution in [-0.4, -0.2) is 20.7 Å². The summed E-state index contributed by atoms with van der Waals surface area (Å²) < 4.78 is 5.19. The Morgan fingerprint density at radius 1 is 1.44 bits per heavy atom. The highest BCUT2D eigenvalue weighted by Crippen LogP contribution is 2.41. The number of carbonyl (C=O) groups excluding carboxylic acids is 1. The summed E-state index contributed by atoms with van der Waals surface area (Å²) in [6.45, 7) is 13.9. The molecule has 0 radical (unpaired) electrons. The highest BCUT2D eigenvalue weighted by atomic mass is 28.3. The van der Waals surface area contributed by atoms with Crippen molar-refractivity contribution in [1.82, 2.24) is 0 Å². The summed E-state index contributed by atoms with van der Waals surface area (Å²) in [5.74, 6) is 0.00800. The van der Waals surface area contributed by atoms with Crippen molar-refractivity contribution in [3.05, 3.63) is 11.6 Å². The van der Waals surface area contributed by atoms with E-state index in [0.717, 1.165) is 12.8 Å². The van der Waals surface area contributed by atoms with E-state index in [0.29, 0.717) is 6.61 Å². The number of ether oxygens (including phenoxy) is 1. The molecule has 0 saturated carbocycles. The van der Waals surface area contributed by atoms with Crippen LogP contribution >= 0.6 is 0 Å². The molecule has 0 aliphatic heterocycles. The Morgan fingerprint density at radius 2 is 2.06 bits per heavy atom. The number of carbonyl (C=O) groups is 1. The first kappa shape index (κ1) is 15.5. The van der Waals surface area contributed by atoms with Crippen molar-refractivity contribution < 1.29 is 9.53 Å². The number of esters is 1. The highest BCUT2D eigenvalue weighted by molar-refractivity contribution is 6.76. The van der Waals surface area contributed by atoms with Gasteiger partial charge < -0.3 is 4.74 Å². The molecular formula is C15H28O2Si. The summed E-state index contributed by atoms with van der Waals surface area (Å²) in [6, 6.07) is 1.26. The van der Waals surface area contributed by atoms with Gasteiger partial charge in [-0.3, -0.25) is 4.79 Å². The summed E-state index contributed by atoms with van der Waals surface area (Å²) in [7, 11) is -1.06. The number of rotatable bonds is 4. The Morgan fingerprint density at radius 3 is 2.50 bits per heavy atom. The van der Waals surface area contributed by atoms with Crippen LogP contribution in [0.25, 0.3) is 0 Å². The Bertz CT molecular complexity index is 337. The van der Waals surface area contributed by atoms with E-state index < -0.39 is 8.07 Å². The second-order valence-corrected chi connectivity index (χ2v) is 12.7. The predicted molar refractivity (Wildman–Crippen MR) is 79.4 cm³/mol. The fraction of sp³-hybridized carbons (Fsp3) is 0.800. The maximum absolute atomic E-state index is 12.0. The highest BCUT2D eigenvalue weighted by Gasteiger charge is 2.38. The first-order valence-electron chi connectivity index (χ1n) is 7.03. The van der Waals surface area contributed by atoms with Gasteiger partial charge in [-0.05, 0) is 31.2 Å². The second kappa shape index (κ2) is 5.60. The van der Waals surface area contributed by atoms with E-state index in [4.69, 9.17) is 4.74 Å². The largest absolute Gasteiger partial charge is 0.466 e. The third-order valence-corrected chi connectivity index (χ3v) is 5.07. The number of allylic oxidation sites excluding steroid dienone is 2. The predicted octanol–water partition coefficient (Wildman–Crippen LogP) is 4.25. The molecule has 0 spiro atoms. The molecule has 104 valence electrons. The average molecular weight is 268 g/mol. The van der Waals surface area contributed by atoms with E-state index in [2.05, 4.69) is 39.6 Å². The molecule has 3 heteroatoms. The molecule has 0 aromatic heterocycles. The maximum Gasteiger partial charge on any atom is 0.309 e. The van der Waals surface area contributed by atoms with Gasteiger partial charge in [0.05, 0.1) is 12.5 Å². The van der Waals surface area contributed by atoms with Crippen LogP contribution in [0.1, 0.15) is 33.6 Å². The molecule has 0 N–H and O–H groups in total. The molecular weight excluding hydrogens is 240 g/mol. The molecule has 0 saturated heterocycles. The molecule has 1 unspecified atom stereocenters. The third-order valence-electron chi connectivity index (χ3n) is 3.56. The first-order valence-corrected chi connectivity index (χ1v) is 10.7. The molecule has 0 fully saturated rings. The van der Waals surface area contributed by atoms with E-state index in [1.54, 1.807) is 5.57 Å². The van der Waals surface area contributed by atoms with Crippen molar-refractivity contribution in [3.8, 4) is 0 Å². The van der Waals surface area contributed by atoms with Gasteiger partial charge in [-0.1, -0.05) is 45.1 Å². The van der Waals surface area contributed by atoms with Crippen molar-refractivity contribution in [2.45, 2.75) is 59.3 Å². The minimum atomic E-state index is -1.06. The van der Waals surface area contributed by atoms with Gasteiger partial charge in [-0.15, -0.1) is 0 Å². The van der Waals surface area contributed by atoms with Crippen LogP contribution < -0.4 is 0 Å². The minimum absolute atomic E-state index is 0.0224. The molecule has 0 amide bonds. The third kappa shape index (κ3) is 4.27. The Labute approximate surface area is 113 Å². The van der Waals surface area contributed by atoms with Crippen LogP contribution in [0.4, 0.5) is 0 Å². The molecule has 0 aromatic rings. The zero-order valence-electron chi connectivity index (χ0n) is 12.8. The van der Waals surface area contributed by atoms with Gasteiger partial charge in [0.1, 0.15) is 0 Å². The fourth-order valence-corrected chi connectivity index (χ4v) is 4.53. The van der Waals surface area contributed by atoms with E-state index >= 15 is 0 Å². The molecule has 1 aliphatic rings. The van der Waals surface area contributed by atoms with Gasteiger partial charge in [-0.25, -0.2) is 0 Å². The van der Waals surface area contributed by atoms with E-state index in [1.165, 1.54) is 6.04 Å². The molecule has 0 heterocycles. The Hall–Kier alpha value is -0.573. The van der Waals surface area contributed by atoms with Gasteiger partial charge >= 0.3 is 5.97 Å². The molecule has 1 aliphatic carbocycles. The summed E-state index contributed by atoms with van der Waals surface area (Å²) in [4.78, 5) is 12.0. The van der Waals surface area contributed by atoms with Gasteiger partial charge in [0.25, 0.3) is 0 Å². The van der Waals surface area contributed by atoms with Crippen molar-refractivity contribution in [2.75, 3.05) is 6.61 Å². The quantitative estimate of drug-likeness (QED) is 0.433. The lowest BCUT2D eigenvalue weighted by atomic mass is 9.71. The Kier molecular flexibility index (Phi) is 4.82. The smallest absolute Gasteiger partial charge is 0.309 e. The maximum atomic E-state index is 12.0. The normalized spacial score (nSPS) is 23.4. The summed E-state index contributed by atoms with van der Waals surface area (Å²) in [5, 5.41) is 0. The lowest BCUT2D eigenvalue weighted by Gasteiger charge is -2.36. The molecule has 0 bridgehead atoms. The number of hydrogen-bond donors (Lipinski definition) is 0. The van der Waals surface area contributed by atoms with Crippen LogP contribution in [0.5, 0.6) is 0 Å². The van der Waals surface area contributed by atoms with Crippen LogP contribution in [0.3, 0.4) is 0 Å². The van der Waals surface area contributed by atoms with Crippen LogP contribution in [0.15, 0.2) is 11.6 Å². The van der Waals surface area contributed by atoms with Crippen molar-refractivity contribution in [1.29, 1.82) is 0 Å². The second-order valence-electron chi connectivity index (χ2n) is 7.20. The summed E-state index contributed by atoms with van der Waals surface area (Å²) in [5.41, 5.74) is 1.50. The van der Waals surface area contributed by atoms with E-state index in [1.807, 2.05) is 6.92 Å². The van der Waals surface area contributed by atoms with Gasteiger partial charge in [0, 0.05) is 8.07 Å². The summed E-state index contributed by atoms with van der Waals surface area (Å²) >= 11 is 0. The van der Waals surface area contributed by atoms with Gasteiger partial charge in [-0.2, -0.15) is 0 Å². The SMILES string of the molecule is CCOC(=O)C1CCC(C[Si](C)(C)C)=CC1(C)C.